The minimum absolute atomic E-state index is 0.372. The number of rotatable bonds is 3. The standard InChI is InChI=1S/C6H10N6O/c13-5-12(6-7-9-10-8-6)11-3-1-2-4-11/h5H,1-4H2,(H,7,8,9,10). The molecule has 1 amide bonds. The molecule has 1 aliphatic rings. The van der Waals surface area contributed by atoms with Gasteiger partial charge in [0.1, 0.15) is 0 Å². The third-order valence-corrected chi connectivity index (χ3v) is 2.04. The molecule has 0 unspecified atom stereocenters. The van der Waals surface area contributed by atoms with Crippen molar-refractivity contribution in [3.63, 3.8) is 0 Å². The summed E-state index contributed by atoms with van der Waals surface area (Å²) in [6, 6.07) is 0. The van der Waals surface area contributed by atoms with Gasteiger partial charge in [0.25, 0.3) is 5.95 Å². The molecule has 0 radical (unpaired) electrons. The Labute approximate surface area is 74.7 Å². The molecule has 1 saturated heterocycles. The number of tetrazole rings is 1. The van der Waals surface area contributed by atoms with Crippen molar-refractivity contribution in [2.75, 3.05) is 18.1 Å². The molecule has 0 atom stereocenters. The van der Waals surface area contributed by atoms with Gasteiger partial charge in [0, 0.05) is 13.1 Å². The van der Waals surface area contributed by atoms with E-state index in [-0.39, 0.29) is 0 Å². The van der Waals surface area contributed by atoms with Gasteiger partial charge in [-0.25, -0.2) is 15.1 Å². The summed E-state index contributed by atoms with van der Waals surface area (Å²) in [5.74, 6) is 0.372. The normalized spacial score (nSPS) is 17.5. The van der Waals surface area contributed by atoms with E-state index < -0.39 is 0 Å². The van der Waals surface area contributed by atoms with Gasteiger partial charge in [-0.3, -0.25) is 4.79 Å². The Hall–Kier alpha value is -1.50. The minimum Gasteiger partial charge on any atom is -0.277 e. The molecule has 2 rings (SSSR count). The number of amides is 1. The third-order valence-electron chi connectivity index (χ3n) is 2.04. The predicted molar refractivity (Wildman–Crippen MR) is 43.5 cm³/mol. The fourth-order valence-corrected chi connectivity index (χ4v) is 1.42. The van der Waals surface area contributed by atoms with Gasteiger partial charge in [0.05, 0.1) is 0 Å². The van der Waals surface area contributed by atoms with Crippen LogP contribution in [0, 0.1) is 0 Å². The van der Waals surface area contributed by atoms with Crippen molar-refractivity contribution in [3.05, 3.63) is 0 Å². The monoisotopic (exact) mass is 182 g/mol. The maximum Gasteiger partial charge on any atom is 0.264 e. The summed E-state index contributed by atoms with van der Waals surface area (Å²) in [7, 11) is 0. The van der Waals surface area contributed by atoms with E-state index in [0.717, 1.165) is 25.9 Å². The molecule has 1 N–H and O–H groups in total. The van der Waals surface area contributed by atoms with Crippen LogP contribution in [0.3, 0.4) is 0 Å². The van der Waals surface area contributed by atoms with Crippen LogP contribution in [0.4, 0.5) is 5.95 Å². The summed E-state index contributed by atoms with van der Waals surface area (Å²) in [5.41, 5.74) is 0. The van der Waals surface area contributed by atoms with Crippen LogP contribution in [-0.4, -0.2) is 45.1 Å². The molecule has 0 aliphatic carbocycles. The molecule has 1 aliphatic heterocycles. The second-order valence-electron chi connectivity index (χ2n) is 2.84. The maximum absolute atomic E-state index is 10.8. The zero-order valence-electron chi connectivity index (χ0n) is 7.05. The molecule has 0 aromatic carbocycles. The number of nitrogens with one attached hydrogen (secondary N) is 1. The molecule has 13 heavy (non-hydrogen) atoms. The Morgan fingerprint density at radius 3 is 2.77 bits per heavy atom. The third kappa shape index (κ3) is 1.50. The summed E-state index contributed by atoms with van der Waals surface area (Å²) in [6.07, 6.45) is 2.92. The Bertz CT molecular complexity index is 267. The Kier molecular flexibility index (Phi) is 2.17. The van der Waals surface area contributed by atoms with E-state index in [4.69, 9.17) is 0 Å². The van der Waals surface area contributed by atoms with Crippen molar-refractivity contribution < 1.29 is 4.79 Å². The zero-order valence-corrected chi connectivity index (χ0v) is 7.05. The van der Waals surface area contributed by atoms with E-state index >= 15 is 0 Å². The molecule has 7 nitrogen and oxygen atoms in total. The first kappa shape index (κ1) is 8.11. The van der Waals surface area contributed by atoms with Crippen LogP contribution in [0.25, 0.3) is 0 Å². The largest absolute Gasteiger partial charge is 0.277 e. The molecule has 70 valence electrons. The number of aromatic nitrogens is 4. The molecule has 0 saturated carbocycles. The smallest absolute Gasteiger partial charge is 0.264 e. The van der Waals surface area contributed by atoms with Crippen molar-refractivity contribution in [3.8, 4) is 0 Å². The highest BCUT2D eigenvalue weighted by Crippen LogP contribution is 2.13. The minimum atomic E-state index is 0.372. The molecular weight excluding hydrogens is 172 g/mol. The lowest BCUT2D eigenvalue weighted by atomic mass is 10.4. The molecule has 0 spiro atoms. The highest BCUT2D eigenvalue weighted by atomic mass is 16.2. The van der Waals surface area contributed by atoms with Crippen LogP contribution in [-0.2, 0) is 4.79 Å². The summed E-state index contributed by atoms with van der Waals surface area (Å²) < 4.78 is 0. The number of hydrogen-bond acceptors (Lipinski definition) is 5. The summed E-state index contributed by atoms with van der Waals surface area (Å²) >= 11 is 0. The van der Waals surface area contributed by atoms with Gasteiger partial charge in [-0.05, 0) is 23.3 Å². The first-order valence-corrected chi connectivity index (χ1v) is 4.15. The van der Waals surface area contributed by atoms with Crippen LogP contribution in [0.5, 0.6) is 0 Å². The maximum atomic E-state index is 10.8. The topological polar surface area (TPSA) is 78.0 Å². The Morgan fingerprint density at radius 2 is 2.23 bits per heavy atom. The average molecular weight is 182 g/mol. The quantitative estimate of drug-likeness (QED) is 0.617. The summed E-state index contributed by atoms with van der Waals surface area (Å²) in [5, 5.41) is 16.4. The van der Waals surface area contributed by atoms with Crippen LogP contribution in [0.1, 0.15) is 12.8 Å². The van der Waals surface area contributed by atoms with Gasteiger partial charge < -0.3 is 0 Å². The Balaban J connectivity index is 2.13. The van der Waals surface area contributed by atoms with E-state index in [1.807, 2.05) is 5.01 Å². The van der Waals surface area contributed by atoms with Gasteiger partial charge >= 0.3 is 0 Å². The number of aromatic amines is 1. The Morgan fingerprint density at radius 1 is 1.46 bits per heavy atom. The fourth-order valence-electron chi connectivity index (χ4n) is 1.42. The molecule has 1 fully saturated rings. The number of H-pyrrole nitrogens is 1. The number of anilines is 1. The van der Waals surface area contributed by atoms with Gasteiger partial charge in [0.2, 0.25) is 6.41 Å². The number of hydrogen-bond donors (Lipinski definition) is 1. The summed E-state index contributed by atoms with van der Waals surface area (Å²) in [6.45, 7) is 1.75. The van der Waals surface area contributed by atoms with Crippen molar-refractivity contribution >= 4 is 12.4 Å². The molecule has 7 heteroatoms. The lowest BCUT2D eigenvalue weighted by Gasteiger charge is -2.23. The molecule has 1 aromatic heterocycles. The average Bonchev–Trinajstić information content (AvgIpc) is 2.76. The highest BCUT2D eigenvalue weighted by molar-refractivity contribution is 5.69. The van der Waals surface area contributed by atoms with Gasteiger partial charge in [-0.15, -0.1) is 0 Å². The van der Waals surface area contributed by atoms with Gasteiger partial charge in [-0.1, -0.05) is 5.10 Å². The molecular formula is C6H10N6O. The van der Waals surface area contributed by atoms with E-state index in [9.17, 15) is 4.79 Å². The van der Waals surface area contributed by atoms with Crippen molar-refractivity contribution in [2.45, 2.75) is 12.8 Å². The van der Waals surface area contributed by atoms with Crippen molar-refractivity contribution in [2.24, 2.45) is 0 Å². The SMILES string of the molecule is O=CN(c1nnn[nH]1)N1CCCC1. The molecule has 1 aromatic rings. The van der Waals surface area contributed by atoms with Crippen LogP contribution < -0.4 is 5.01 Å². The number of carbonyl (C=O) groups excluding carboxylic acids is 1. The first-order valence-electron chi connectivity index (χ1n) is 4.15. The van der Waals surface area contributed by atoms with Crippen LogP contribution >= 0.6 is 0 Å². The lowest BCUT2D eigenvalue weighted by molar-refractivity contribution is -0.110. The van der Waals surface area contributed by atoms with Gasteiger partial charge in [-0.2, -0.15) is 0 Å². The van der Waals surface area contributed by atoms with E-state index in [2.05, 4.69) is 20.6 Å². The van der Waals surface area contributed by atoms with E-state index in [1.54, 1.807) is 0 Å². The van der Waals surface area contributed by atoms with E-state index in [1.165, 1.54) is 5.01 Å². The number of hydrazine groups is 1. The lowest BCUT2D eigenvalue weighted by Crippen LogP contribution is -2.40. The number of nitrogens with zero attached hydrogens (tertiary/aromatic N) is 5. The molecule has 2 heterocycles. The van der Waals surface area contributed by atoms with Gasteiger partial charge in [0.15, 0.2) is 0 Å². The summed E-state index contributed by atoms with van der Waals surface area (Å²) in [4.78, 5) is 10.8. The predicted octanol–water partition coefficient (Wildman–Crippen LogP) is -0.827. The second-order valence-corrected chi connectivity index (χ2v) is 2.84. The highest BCUT2D eigenvalue weighted by Gasteiger charge is 2.21. The van der Waals surface area contributed by atoms with Crippen molar-refractivity contribution in [1.29, 1.82) is 0 Å². The second kappa shape index (κ2) is 3.48. The van der Waals surface area contributed by atoms with E-state index in [0.29, 0.717) is 12.4 Å². The first-order chi connectivity index (χ1) is 6.42. The van der Waals surface area contributed by atoms with Crippen molar-refractivity contribution in [1.82, 2.24) is 25.6 Å². The van der Waals surface area contributed by atoms with Crippen LogP contribution in [0.2, 0.25) is 0 Å². The fraction of sp³-hybridized carbons (Fsp3) is 0.667. The number of carbonyl (C=O) groups is 1. The zero-order chi connectivity index (χ0) is 9.10. The van der Waals surface area contributed by atoms with Crippen LogP contribution in [0.15, 0.2) is 0 Å². The molecule has 0 bridgehead atoms.